The fourth-order valence-electron chi connectivity index (χ4n) is 3.97. The number of hydrogen-bond acceptors (Lipinski definition) is 5. The smallest absolute Gasteiger partial charge is 0.271 e. The lowest BCUT2D eigenvalue weighted by Crippen LogP contribution is -2.43. The van der Waals surface area contributed by atoms with Gasteiger partial charge < -0.3 is 15.1 Å². The van der Waals surface area contributed by atoms with E-state index in [1.54, 1.807) is 0 Å². The molecule has 0 bridgehead atoms. The van der Waals surface area contributed by atoms with E-state index in [-0.39, 0.29) is 11.6 Å². The average molecular weight is 366 g/mol. The summed E-state index contributed by atoms with van der Waals surface area (Å²) in [5.41, 5.74) is 0.277. The Morgan fingerprint density at radius 3 is 2.64 bits per heavy atom. The van der Waals surface area contributed by atoms with E-state index in [1.165, 1.54) is 12.6 Å². The van der Waals surface area contributed by atoms with Crippen LogP contribution in [0.25, 0.3) is 0 Å². The number of anilines is 1. The van der Waals surface area contributed by atoms with E-state index in [0.717, 1.165) is 57.4 Å². The highest BCUT2D eigenvalue weighted by Gasteiger charge is 2.22. The second kappa shape index (κ2) is 8.32. The third-order valence-electron chi connectivity index (χ3n) is 4.99. The molecule has 0 saturated carbocycles. The molecule has 1 N–H and O–H groups in total. The minimum Gasteiger partial charge on any atom is -0.349 e. The maximum atomic E-state index is 12.5. The molecule has 138 valence electrons. The first-order valence-electron chi connectivity index (χ1n) is 9.31. The number of nitrogens with one attached hydrogen (secondary N) is 1. The highest BCUT2D eigenvalue weighted by atomic mass is 35.5. The fraction of sp³-hybridized carbons (Fsp3) is 0.722. The molecule has 2 aliphatic rings. The van der Waals surface area contributed by atoms with E-state index in [9.17, 15) is 4.79 Å². The van der Waals surface area contributed by atoms with E-state index in [2.05, 4.69) is 38.9 Å². The Balaban J connectivity index is 1.55. The van der Waals surface area contributed by atoms with Crippen molar-refractivity contribution in [2.75, 3.05) is 44.2 Å². The van der Waals surface area contributed by atoms with Crippen molar-refractivity contribution in [3.05, 3.63) is 16.9 Å². The molecule has 7 heteroatoms. The first-order valence-corrected chi connectivity index (χ1v) is 9.68. The van der Waals surface area contributed by atoms with Gasteiger partial charge in [0.15, 0.2) is 5.69 Å². The zero-order valence-electron chi connectivity index (χ0n) is 15.2. The lowest BCUT2D eigenvalue weighted by atomic mass is 9.92. The number of amides is 1. The summed E-state index contributed by atoms with van der Waals surface area (Å²) in [7, 11) is 0. The number of carbonyl (C=O) groups is 1. The first-order chi connectivity index (χ1) is 12.0. The Hall–Kier alpha value is -1.40. The fourth-order valence-corrected chi connectivity index (χ4v) is 4.15. The van der Waals surface area contributed by atoms with Crippen molar-refractivity contribution in [1.29, 1.82) is 0 Å². The third kappa shape index (κ3) is 4.82. The van der Waals surface area contributed by atoms with Gasteiger partial charge in [-0.2, -0.15) is 0 Å². The van der Waals surface area contributed by atoms with Crippen molar-refractivity contribution < 1.29 is 4.79 Å². The minimum absolute atomic E-state index is 0.217. The van der Waals surface area contributed by atoms with Crippen molar-refractivity contribution in [3.8, 4) is 0 Å². The van der Waals surface area contributed by atoms with Crippen LogP contribution in [0.2, 0.25) is 5.02 Å². The molecule has 25 heavy (non-hydrogen) atoms. The highest BCUT2D eigenvalue weighted by molar-refractivity contribution is 6.33. The topological polar surface area (TPSA) is 61.4 Å². The van der Waals surface area contributed by atoms with Crippen LogP contribution in [-0.2, 0) is 0 Å². The largest absolute Gasteiger partial charge is 0.349 e. The molecule has 2 aliphatic heterocycles. The summed E-state index contributed by atoms with van der Waals surface area (Å²) >= 11 is 6.15. The number of halogens is 1. The minimum atomic E-state index is -0.217. The van der Waals surface area contributed by atoms with Gasteiger partial charge >= 0.3 is 0 Å². The molecule has 3 rings (SSSR count). The van der Waals surface area contributed by atoms with Gasteiger partial charge in [-0.1, -0.05) is 25.4 Å². The predicted octanol–water partition coefficient (Wildman–Crippen LogP) is 2.44. The second-order valence-electron chi connectivity index (χ2n) is 7.52. The maximum Gasteiger partial charge on any atom is 0.271 e. The van der Waals surface area contributed by atoms with Crippen molar-refractivity contribution in [1.82, 2.24) is 20.2 Å². The highest BCUT2D eigenvalue weighted by Crippen LogP contribution is 2.21. The zero-order chi connectivity index (χ0) is 17.8. The molecule has 0 aliphatic carbocycles. The third-order valence-corrected chi connectivity index (χ3v) is 5.27. The summed E-state index contributed by atoms with van der Waals surface area (Å²) in [5.74, 6) is 1.83. The van der Waals surface area contributed by atoms with Crippen LogP contribution < -0.4 is 10.2 Å². The van der Waals surface area contributed by atoms with Crippen LogP contribution >= 0.6 is 11.6 Å². The summed E-state index contributed by atoms with van der Waals surface area (Å²) in [6.07, 6.45) is 5.10. The predicted molar refractivity (Wildman–Crippen MR) is 100 cm³/mol. The van der Waals surface area contributed by atoms with Gasteiger partial charge in [0.2, 0.25) is 5.95 Å². The Labute approximate surface area is 155 Å². The van der Waals surface area contributed by atoms with Crippen molar-refractivity contribution in [2.24, 2.45) is 11.8 Å². The average Bonchev–Trinajstić information content (AvgIpc) is 3.08. The van der Waals surface area contributed by atoms with Crippen molar-refractivity contribution in [3.63, 3.8) is 0 Å². The Morgan fingerprint density at radius 2 is 1.96 bits per heavy atom. The molecule has 1 aromatic heterocycles. The number of carbonyl (C=O) groups excluding carboxylic acids is 1. The lowest BCUT2D eigenvalue weighted by Gasteiger charge is -2.34. The van der Waals surface area contributed by atoms with Crippen molar-refractivity contribution in [2.45, 2.75) is 33.1 Å². The van der Waals surface area contributed by atoms with Crippen LogP contribution in [0.1, 0.15) is 43.6 Å². The number of rotatable bonds is 5. The second-order valence-corrected chi connectivity index (χ2v) is 7.93. The van der Waals surface area contributed by atoms with E-state index < -0.39 is 0 Å². The van der Waals surface area contributed by atoms with Gasteiger partial charge in [-0.05, 0) is 31.1 Å². The van der Waals surface area contributed by atoms with Crippen LogP contribution in [-0.4, -0.2) is 60.0 Å². The van der Waals surface area contributed by atoms with Gasteiger partial charge in [-0.15, -0.1) is 0 Å². The molecule has 1 amide bonds. The summed E-state index contributed by atoms with van der Waals surface area (Å²) < 4.78 is 0. The van der Waals surface area contributed by atoms with E-state index >= 15 is 0 Å². The first kappa shape index (κ1) is 18.4. The number of nitrogens with zero attached hydrogens (tertiary/aromatic N) is 4. The summed E-state index contributed by atoms with van der Waals surface area (Å²) in [5, 5.41) is 3.27. The molecule has 6 nitrogen and oxygen atoms in total. The molecule has 2 atom stereocenters. The Bertz CT molecular complexity index is 595. The molecule has 2 unspecified atom stereocenters. The summed E-state index contributed by atoms with van der Waals surface area (Å²) in [4.78, 5) is 25.7. The van der Waals surface area contributed by atoms with E-state index in [1.807, 2.05) is 0 Å². The van der Waals surface area contributed by atoms with Crippen LogP contribution in [0, 0.1) is 11.8 Å². The molecule has 0 radical (unpaired) electrons. The number of likely N-dealkylation sites (tertiary alicyclic amines) is 1. The number of aromatic nitrogens is 2. The molecule has 2 fully saturated rings. The Morgan fingerprint density at radius 1 is 1.28 bits per heavy atom. The number of hydrogen-bond donors (Lipinski definition) is 1. The molecule has 1 aromatic rings. The van der Waals surface area contributed by atoms with Crippen LogP contribution in [0.5, 0.6) is 0 Å². The van der Waals surface area contributed by atoms with Gasteiger partial charge in [0.1, 0.15) is 0 Å². The molecule has 0 aromatic carbocycles. The number of piperidine rings is 1. The monoisotopic (exact) mass is 365 g/mol. The molecule has 2 saturated heterocycles. The quantitative estimate of drug-likeness (QED) is 0.868. The standard InChI is InChI=1S/C18H28ClN5O/c1-13-9-14(2)12-23(11-13)8-5-20-17(25)16-15(19)10-21-18(22-16)24-6-3-4-7-24/h10,13-14H,3-9,11-12H2,1-2H3,(H,20,25). The molecule has 3 heterocycles. The van der Waals surface area contributed by atoms with Crippen molar-refractivity contribution >= 4 is 23.5 Å². The zero-order valence-corrected chi connectivity index (χ0v) is 15.9. The maximum absolute atomic E-state index is 12.5. The van der Waals surface area contributed by atoms with E-state index in [4.69, 9.17) is 11.6 Å². The van der Waals surface area contributed by atoms with Gasteiger partial charge in [0, 0.05) is 39.3 Å². The Kier molecular flexibility index (Phi) is 6.12. The summed E-state index contributed by atoms with van der Waals surface area (Å²) in [6.45, 7) is 10.1. The molecular formula is C18H28ClN5O. The lowest BCUT2D eigenvalue weighted by molar-refractivity contribution is 0.0932. The van der Waals surface area contributed by atoms with Crippen LogP contribution in [0.3, 0.4) is 0 Å². The van der Waals surface area contributed by atoms with Crippen LogP contribution in [0.4, 0.5) is 5.95 Å². The van der Waals surface area contributed by atoms with Gasteiger partial charge in [0.25, 0.3) is 5.91 Å². The van der Waals surface area contributed by atoms with E-state index in [0.29, 0.717) is 17.5 Å². The SMILES string of the molecule is CC1CC(C)CN(CCNC(=O)c2nc(N3CCCC3)ncc2Cl)C1. The van der Waals surface area contributed by atoms with Gasteiger partial charge in [0.05, 0.1) is 11.2 Å². The normalized spacial score (nSPS) is 24.5. The molecular weight excluding hydrogens is 338 g/mol. The summed E-state index contributed by atoms with van der Waals surface area (Å²) in [6, 6.07) is 0. The van der Waals surface area contributed by atoms with Gasteiger partial charge in [-0.25, -0.2) is 9.97 Å². The van der Waals surface area contributed by atoms with Gasteiger partial charge in [-0.3, -0.25) is 4.79 Å². The van der Waals surface area contributed by atoms with Crippen LogP contribution in [0.15, 0.2) is 6.20 Å². The molecule has 0 spiro atoms.